The summed E-state index contributed by atoms with van der Waals surface area (Å²) in [4.78, 5) is 9.69. The largest absolute Gasteiger partial charge is 0.368 e. The van der Waals surface area contributed by atoms with E-state index < -0.39 is 0 Å². The molecule has 1 aromatic rings. The molecular weight excluding hydrogens is 250 g/mol. The van der Waals surface area contributed by atoms with E-state index in [4.69, 9.17) is 14.7 Å². The first-order valence-electron chi connectivity index (χ1n) is 7.88. The Labute approximate surface area is 122 Å². The monoisotopic (exact) mass is 277 g/mol. The number of rotatable bonds is 6. The third-order valence-corrected chi connectivity index (χ3v) is 4.12. The van der Waals surface area contributed by atoms with Gasteiger partial charge in [0, 0.05) is 18.8 Å². The number of hydrogen-bond donors (Lipinski definition) is 1. The van der Waals surface area contributed by atoms with E-state index in [1.807, 2.05) is 6.92 Å². The molecular formula is C16H27N3O. The van der Waals surface area contributed by atoms with Crippen molar-refractivity contribution in [3.8, 4) is 0 Å². The quantitative estimate of drug-likeness (QED) is 0.868. The van der Waals surface area contributed by atoms with E-state index >= 15 is 0 Å². The molecule has 20 heavy (non-hydrogen) atoms. The Bertz CT molecular complexity index is 461. The van der Waals surface area contributed by atoms with Crippen LogP contribution in [0.4, 0.5) is 0 Å². The zero-order valence-corrected chi connectivity index (χ0v) is 13.3. The van der Waals surface area contributed by atoms with Crippen molar-refractivity contribution >= 4 is 0 Å². The van der Waals surface area contributed by atoms with Gasteiger partial charge in [0.25, 0.3) is 0 Å². The zero-order valence-electron chi connectivity index (χ0n) is 13.3. The molecule has 0 spiro atoms. The van der Waals surface area contributed by atoms with Gasteiger partial charge in [-0.15, -0.1) is 0 Å². The lowest BCUT2D eigenvalue weighted by Gasteiger charge is -2.29. The summed E-state index contributed by atoms with van der Waals surface area (Å²) in [5.74, 6) is 0.854. The van der Waals surface area contributed by atoms with E-state index in [1.165, 1.54) is 17.0 Å². The molecule has 0 radical (unpaired) electrons. The van der Waals surface area contributed by atoms with Crippen LogP contribution in [-0.4, -0.2) is 23.1 Å². The molecule has 0 aromatic carbocycles. The first-order valence-corrected chi connectivity index (χ1v) is 7.88. The van der Waals surface area contributed by atoms with Crippen LogP contribution in [-0.2, 0) is 29.7 Å². The fourth-order valence-corrected chi connectivity index (χ4v) is 2.76. The predicted molar refractivity (Wildman–Crippen MR) is 80.7 cm³/mol. The van der Waals surface area contributed by atoms with Crippen LogP contribution in [0, 0.1) is 0 Å². The van der Waals surface area contributed by atoms with Crippen molar-refractivity contribution < 1.29 is 4.74 Å². The van der Waals surface area contributed by atoms with Crippen molar-refractivity contribution in [2.45, 2.75) is 65.5 Å². The van der Waals surface area contributed by atoms with Gasteiger partial charge >= 0.3 is 0 Å². The summed E-state index contributed by atoms with van der Waals surface area (Å²) >= 11 is 0. The van der Waals surface area contributed by atoms with Gasteiger partial charge in [0.2, 0.25) is 0 Å². The number of hydrogen-bond acceptors (Lipinski definition) is 4. The van der Waals surface area contributed by atoms with E-state index in [9.17, 15) is 0 Å². The zero-order chi connectivity index (χ0) is 14.6. The molecule has 0 amide bonds. The molecule has 1 aliphatic heterocycles. The van der Waals surface area contributed by atoms with E-state index in [0.29, 0.717) is 6.61 Å². The second-order valence-corrected chi connectivity index (χ2v) is 5.61. The highest BCUT2D eigenvalue weighted by molar-refractivity contribution is 5.29. The lowest BCUT2D eigenvalue weighted by molar-refractivity contribution is -0.0394. The van der Waals surface area contributed by atoms with Crippen LogP contribution in [0.5, 0.6) is 0 Å². The van der Waals surface area contributed by atoms with Gasteiger partial charge in [-0.05, 0) is 45.2 Å². The second kappa shape index (κ2) is 6.64. The van der Waals surface area contributed by atoms with Crippen molar-refractivity contribution in [3.63, 3.8) is 0 Å². The van der Waals surface area contributed by atoms with Gasteiger partial charge in [-0.2, -0.15) is 0 Å². The van der Waals surface area contributed by atoms with E-state index in [0.717, 1.165) is 44.6 Å². The van der Waals surface area contributed by atoms with E-state index in [-0.39, 0.29) is 5.60 Å². The molecule has 0 saturated heterocycles. The molecule has 1 N–H and O–H groups in total. The maximum absolute atomic E-state index is 5.94. The van der Waals surface area contributed by atoms with Gasteiger partial charge < -0.3 is 10.1 Å². The molecule has 1 aliphatic rings. The van der Waals surface area contributed by atoms with Crippen LogP contribution in [0.25, 0.3) is 0 Å². The van der Waals surface area contributed by atoms with E-state index in [2.05, 4.69) is 26.1 Å². The maximum atomic E-state index is 5.94. The molecule has 2 rings (SSSR count). The maximum Gasteiger partial charge on any atom is 0.160 e. The van der Waals surface area contributed by atoms with Gasteiger partial charge in [-0.1, -0.05) is 20.3 Å². The molecule has 4 nitrogen and oxygen atoms in total. The highest BCUT2D eigenvalue weighted by Gasteiger charge is 2.30. The van der Waals surface area contributed by atoms with Gasteiger partial charge in [0.1, 0.15) is 5.60 Å². The Morgan fingerprint density at radius 2 is 2.05 bits per heavy atom. The van der Waals surface area contributed by atoms with Gasteiger partial charge in [0.15, 0.2) is 5.82 Å². The van der Waals surface area contributed by atoms with Crippen molar-refractivity contribution in [2.24, 2.45) is 0 Å². The summed E-state index contributed by atoms with van der Waals surface area (Å²) in [6.07, 6.45) is 4.08. The minimum Gasteiger partial charge on any atom is -0.368 e. The first kappa shape index (κ1) is 15.4. The van der Waals surface area contributed by atoms with Crippen LogP contribution in [0.1, 0.15) is 63.3 Å². The molecule has 1 atom stereocenters. The fraction of sp³-hybridized carbons (Fsp3) is 0.750. The van der Waals surface area contributed by atoms with Crippen LogP contribution >= 0.6 is 0 Å². The Hall–Kier alpha value is -1.00. The third-order valence-electron chi connectivity index (χ3n) is 4.12. The summed E-state index contributed by atoms with van der Waals surface area (Å²) in [7, 11) is 0. The van der Waals surface area contributed by atoms with Crippen LogP contribution in [0.15, 0.2) is 0 Å². The number of aryl methyl sites for hydroxylation is 1. The van der Waals surface area contributed by atoms with Crippen LogP contribution < -0.4 is 5.32 Å². The average molecular weight is 277 g/mol. The highest BCUT2D eigenvalue weighted by atomic mass is 16.5. The Balaban J connectivity index is 2.46. The van der Waals surface area contributed by atoms with Crippen molar-refractivity contribution in [2.75, 3.05) is 13.2 Å². The highest BCUT2D eigenvalue weighted by Crippen LogP contribution is 2.28. The lowest BCUT2D eigenvalue weighted by Crippen LogP contribution is -2.32. The molecule has 1 unspecified atom stereocenters. The SMILES string of the molecule is CCCc1nc(C(C)(CC)OCC)nc2c1CCNC2. The number of aromatic nitrogens is 2. The molecule has 0 saturated carbocycles. The summed E-state index contributed by atoms with van der Waals surface area (Å²) < 4.78 is 5.94. The minimum absolute atomic E-state index is 0.371. The predicted octanol–water partition coefficient (Wildman–Crippen LogP) is 2.74. The number of fused-ring (bicyclic) bond motifs is 1. The third kappa shape index (κ3) is 3.01. The van der Waals surface area contributed by atoms with E-state index in [1.54, 1.807) is 0 Å². The molecule has 1 aromatic heterocycles. The summed E-state index contributed by atoms with van der Waals surface area (Å²) in [5, 5.41) is 3.41. The molecule has 2 heterocycles. The van der Waals surface area contributed by atoms with Gasteiger partial charge in [0.05, 0.1) is 5.69 Å². The summed E-state index contributed by atoms with van der Waals surface area (Å²) in [6.45, 7) is 11.0. The normalized spacial score (nSPS) is 17.6. The summed E-state index contributed by atoms with van der Waals surface area (Å²) in [5.41, 5.74) is 3.39. The molecule has 0 fully saturated rings. The minimum atomic E-state index is -0.371. The standard InChI is InChI=1S/C16H27N3O/c1-5-8-13-12-9-10-17-11-14(12)19-15(18-13)16(4,6-2)20-7-3/h17H,5-11H2,1-4H3. The second-order valence-electron chi connectivity index (χ2n) is 5.61. The Morgan fingerprint density at radius 3 is 2.70 bits per heavy atom. The van der Waals surface area contributed by atoms with Crippen molar-refractivity contribution in [1.82, 2.24) is 15.3 Å². The van der Waals surface area contributed by atoms with Crippen molar-refractivity contribution in [3.05, 3.63) is 22.8 Å². The van der Waals surface area contributed by atoms with Crippen LogP contribution in [0.2, 0.25) is 0 Å². The van der Waals surface area contributed by atoms with Gasteiger partial charge in [-0.3, -0.25) is 0 Å². The molecule has 4 heteroatoms. The molecule has 0 aliphatic carbocycles. The number of nitrogens with one attached hydrogen (secondary N) is 1. The number of ether oxygens (including phenoxy) is 1. The fourth-order valence-electron chi connectivity index (χ4n) is 2.76. The number of nitrogens with zero attached hydrogens (tertiary/aromatic N) is 2. The topological polar surface area (TPSA) is 47.0 Å². The Kier molecular flexibility index (Phi) is 5.11. The van der Waals surface area contributed by atoms with Gasteiger partial charge in [-0.25, -0.2) is 9.97 Å². The average Bonchev–Trinajstić information content (AvgIpc) is 2.47. The molecule has 0 bridgehead atoms. The van der Waals surface area contributed by atoms with Crippen molar-refractivity contribution in [1.29, 1.82) is 0 Å². The first-order chi connectivity index (χ1) is 9.64. The molecule has 112 valence electrons. The lowest BCUT2D eigenvalue weighted by atomic mass is 9.97. The smallest absolute Gasteiger partial charge is 0.160 e. The summed E-state index contributed by atoms with van der Waals surface area (Å²) in [6, 6.07) is 0. The van der Waals surface area contributed by atoms with Crippen LogP contribution in [0.3, 0.4) is 0 Å². The Morgan fingerprint density at radius 1 is 1.25 bits per heavy atom.